The van der Waals surface area contributed by atoms with Crippen LogP contribution in [0, 0.1) is 13.8 Å². The highest BCUT2D eigenvalue weighted by Gasteiger charge is 2.20. The molecule has 0 atom stereocenters. The number of rotatable bonds is 0. The third-order valence-electron chi connectivity index (χ3n) is 1.43. The summed E-state index contributed by atoms with van der Waals surface area (Å²) in [5, 5.41) is 0. The molecule has 1 heterocycles. The van der Waals surface area contributed by atoms with Crippen LogP contribution in [0.5, 0.6) is 0 Å². The summed E-state index contributed by atoms with van der Waals surface area (Å²) in [6.07, 6.45) is 1.70. The van der Waals surface area contributed by atoms with Gasteiger partial charge in [0.15, 0.2) is 5.76 Å². The minimum absolute atomic E-state index is 0.993. The van der Waals surface area contributed by atoms with Crippen molar-refractivity contribution in [3.63, 3.8) is 0 Å². The lowest BCUT2D eigenvalue weighted by molar-refractivity contribution is -0.680. The molecular weight excluding hydrogens is 189 g/mol. The zero-order valence-electron chi connectivity index (χ0n) is 7.52. The fraction of sp³-hybridized carbons (Fsp3) is 0.500. The maximum absolute atomic E-state index is 9.75. The Kier molecular flexibility index (Phi) is 3.96. The molecule has 0 fully saturated rings. The van der Waals surface area contributed by atoms with E-state index in [4.69, 9.17) is 4.42 Å². The Balaban J connectivity index is 0.000000252. The minimum Gasteiger partial charge on any atom is -0.418 e. The van der Waals surface area contributed by atoms with Gasteiger partial charge < -0.3 is 21.7 Å². The molecule has 0 radical (unpaired) electrons. The summed E-state index contributed by atoms with van der Waals surface area (Å²) in [4.78, 5) is 0. The second-order valence-corrected chi connectivity index (χ2v) is 2.47. The summed E-state index contributed by atoms with van der Waals surface area (Å²) < 4.78 is 46.0. The quantitative estimate of drug-likeness (QED) is 0.354. The largest absolute Gasteiger partial charge is 0.673 e. The van der Waals surface area contributed by atoms with E-state index in [-0.39, 0.29) is 0 Å². The highest BCUT2D eigenvalue weighted by atomic mass is 19.5. The van der Waals surface area contributed by atoms with E-state index < -0.39 is 7.25 Å². The lowest BCUT2D eigenvalue weighted by atomic mass is 10.3. The van der Waals surface area contributed by atoms with Crippen LogP contribution in [0.3, 0.4) is 0 Å². The number of oxazole rings is 1. The van der Waals surface area contributed by atoms with Gasteiger partial charge in [-0.15, -0.1) is 0 Å². The highest BCUT2D eigenvalue weighted by Crippen LogP contribution is 2.06. The first-order valence-electron chi connectivity index (χ1n) is 3.49. The molecule has 0 amide bonds. The molecule has 0 saturated heterocycles. The Morgan fingerprint density at radius 3 is 1.69 bits per heavy atom. The molecule has 13 heavy (non-hydrogen) atoms. The molecule has 1 rings (SSSR count). The van der Waals surface area contributed by atoms with Gasteiger partial charge in [0, 0.05) is 13.8 Å². The number of aryl methyl sites for hydroxylation is 2. The summed E-state index contributed by atoms with van der Waals surface area (Å²) in [5.41, 5.74) is 1.19. The number of hydrogen-bond acceptors (Lipinski definition) is 1. The fourth-order valence-corrected chi connectivity index (χ4v) is 0.571. The molecule has 0 unspecified atom stereocenters. The van der Waals surface area contributed by atoms with Crippen LogP contribution < -0.4 is 4.57 Å². The third kappa shape index (κ3) is 6.18. The van der Waals surface area contributed by atoms with Gasteiger partial charge in [-0.3, -0.25) is 0 Å². The number of aromatic nitrogens is 1. The molecule has 0 spiro atoms. The van der Waals surface area contributed by atoms with Crippen molar-refractivity contribution < 1.29 is 26.2 Å². The van der Waals surface area contributed by atoms with E-state index in [9.17, 15) is 17.3 Å². The first kappa shape index (κ1) is 12.0. The molecule has 1 aromatic rings. The SMILES string of the molecule is Cc1oc[n+](C)c1C.F[B-](F)(F)F. The van der Waals surface area contributed by atoms with Gasteiger partial charge in [0.05, 0.1) is 0 Å². The predicted molar refractivity (Wildman–Crippen MR) is 39.5 cm³/mol. The fourth-order valence-electron chi connectivity index (χ4n) is 0.571. The Morgan fingerprint density at radius 1 is 1.23 bits per heavy atom. The first-order valence-corrected chi connectivity index (χ1v) is 3.49. The Morgan fingerprint density at radius 2 is 1.62 bits per heavy atom. The van der Waals surface area contributed by atoms with Crippen molar-refractivity contribution in [3.8, 4) is 0 Å². The lowest BCUT2D eigenvalue weighted by Crippen LogP contribution is -2.27. The van der Waals surface area contributed by atoms with E-state index in [1.165, 1.54) is 5.69 Å². The standard InChI is InChI=1S/C6H10NO.BF4/c1-5-6(2)8-4-7(5)3;2-1(3,4)5/h4H,1-3H3;/q+1;-1. The normalized spacial score (nSPS) is 10.7. The van der Waals surface area contributed by atoms with Crippen LogP contribution in [0.15, 0.2) is 10.8 Å². The molecule has 7 heteroatoms. The van der Waals surface area contributed by atoms with Gasteiger partial charge in [0.2, 0.25) is 5.69 Å². The van der Waals surface area contributed by atoms with Crippen molar-refractivity contribution in [2.24, 2.45) is 7.05 Å². The third-order valence-corrected chi connectivity index (χ3v) is 1.43. The van der Waals surface area contributed by atoms with Crippen molar-refractivity contribution in [3.05, 3.63) is 17.8 Å². The van der Waals surface area contributed by atoms with E-state index in [0.717, 1.165) is 5.76 Å². The van der Waals surface area contributed by atoms with Gasteiger partial charge >= 0.3 is 13.6 Å². The molecule has 0 aliphatic heterocycles. The van der Waals surface area contributed by atoms with E-state index in [0.29, 0.717) is 0 Å². The van der Waals surface area contributed by atoms with Gasteiger partial charge in [-0.25, -0.2) is 0 Å². The first-order chi connectivity index (χ1) is 5.72. The van der Waals surface area contributed by atoms with Crippen LogP contribution >= 0.6 is 0 Å². The van der Waals surface area contributed by atoms with E-state index >= 15 is 0 Å². The summed E-state index contributed by atoms with van der Waals surface area (Å²) in [6.45, 7) is 3.98. The molecule has 0 aliphatic carbocycles. The lowest BCUT2D eigenvalue weighted by Gasteiger charge is -1.94. The van der Waals surface area contributed by atoms with Crippen molar-refractivity contribution in [1.29, 1.82) is 0 Å². The highest BCUT2D eigenvalue weighted by molar-refractivity contribution is 6.50. The number of halogens is 4. The minimum atomic E-state index is -6.00. The van der Waals surface area contributed by atoms with Crippen LogP contribution in [0.2, 0.25) is 0 Å². The molecule has 0 aliphatic rings. The van der Waals surface area contributed by atoms with Gasteiger partial charge in [-0.05, 0) is 0 Å². The van der Waals surface area contributed by atoms with E-state index in [1.807, 2.05) is 25.5 Å². The monoisotopic (exact) mass is 199 g/mol. The van der Waals surface area contributed by atoms with Crippen molar-refractivity contribution >= 4 is 7.25 Å². The summed E-state index contributed by atoms with van der Waals surface area (Å²) in [7, 11) is -4.04. The molecule has 2 nitrogen and oxygen atoms in total. The Labute approximate surface area is 73.3 Å². The topological polar surface area (TPSA) is 17.0 Å². The molecule has 0 aromatic carbocycles. The van der Waals surface area contributed by atoms with Crippen LogP contribution in [0.1, 0.15) is 11.5 Å². The van der Waals surface area contributed by atoms with Gasteiger partial charge in [-0.1, -0.05) is 0 Å². The number of nitrogens with zero attached hydrogens (tertiary/aromatic N) is 1. The summed E-state index contributed by atoms with van der Waals surface area (Å²) in [6, 6.07) is 0. The van der Waals surface area contributed by atoms with Crippen LogP contribution in [-0.4, -0.2) is 7.25 Å². The van der Waals surface area contributed by atoms with Gasteiger partial charge in [-0.2, -0.15) is 4.57 Å². The van der Waals surface area contributed by atoms with Gasteiger partial charge in [0.1, 0.15) is 7.05 Å². The molecule has 1 aromatic heterocycles. The molecule has 0 bridgehead atoms. The van der Waals surface area contributed by atoms with Crippen molar-refractivity contribution in [1.82, 2.24) is 0 Å². The molecule has 76 valence electrons. The maximum Gasteiger partial charge on any atom is 0.673 e. The van der Waals surface area contributed by atoms with Crippen molar-refractivity contribution in [2.45, 2.75) is 13.8 Å². The Hall–Kier alpha value is -1.01. The maximum atomic E-state index is 9.75. The summed E-state index contributed by atoms with van der Waals surface area (Å²) in [5.74, 6) is 0.993. The zero-order valence-corrected chi connectivity index (χ0v) is 7.52. The molecular formula is C6H10BF4NO. The second-order valence-electron chi connectivity index (χ2n) is 2.47. The van der Waals surface area contributed by atoms with E-state index in [2.05, 4.69) is 0 Å². The molecule has 0 N–H and O–H groups in total. The molecule has 0 saturated carbocycles. The number of hydrogen-bond donors (Lipinski definition) is 0. The predicted octanol–water partition coefficient (Wildman–Crippen LogP) is 2.02. The van der Waals surface area contributed by atoms with E-state index in [1.54, 1.807) is 6.39 Å². The summed E-state index contributed by atoms with van der Waals surface area (Å²) >= 11 is 0. The van der Waals surface area contributed by atoms with Gasteiger partial charge in [0.25, 0.3) is 0 Å². The second kappa shape index (κ2) is 4.29. The zero-order chi connectivity index (χ0) is 10.6. The van der Waals surface area contributed by atoms with Crippen LogP contribution in [0.4, 0.5) is 17.3 Å². The average molecular weight is 199 g/mol. The van der Waals surface area contributed by atoms with Crippen molar-refractivity contribution in [2.75, 3.05) is 0 Å². The van der Waals surface area contributed by atoms with Crippen LogP contribution in [0.25, 0.3) is 0 Å². The average Bonchev–Trinajstić information content (AvgIpc) is 2.16. The Bertz CT molecular complexity index is 245. The van der Waals surface area contributed by atoms with Crippen LogP contribution in [-0.2, 0) is 7.05 Å². The smallest absolute Gasteiger partial charge is 0.418 e.